The van der Waals surface area contributed by atoms with Gasteiger partial charge in [0, 0.05) is 24.0 Å². The van der Waals surface area contributed by atoms with E-state index in [2.05, 4.69) is 11.9 Å². The maximum atomic E-state index is 12.3. The van der Waals surface area contributed by atoms with E-state index in [-0.39, 0.29) is 5.91 Å². The zero-order chi connectivity index (χ0) is 16.8. The molecule has 0 spiro atoms. The second-order valence-corrected chi connectivity index (χ2v) is 6.27. The molecule has 6 heteroatoms. The number of thiazole rings is 1. The molecular formula is C17H21ClN2O2S. The number of benzene rings is 1. The van der Waals surface area contributed by atoms with Gasteiger partial charge in [-0.2, -0.15) is 0 Å². The van der Waals surface area contributed by atoms with Gasteiger partial charge in [0.15, 0.2) is 0 Å². The van der Waals surface area contributed by atoms with Crippen molar-refractivity contribution in [2.75, 3.05) is 19.7 Å². The zero-order valence-corrected chi connectivity index (χ0v) is 15.2. The average Bonchev–Trinajstić information content (AvgIpc) is 3.03. The predicted octanol–water partition coefficient (Wildman–Crippen LogP) is 4.73. The molecule has 0 bridgehead atoms. The first-order chi connectivity index (χ1) is 11.1. The van der Waals surface area contributed by atoms with Gasteiger partial charge in [-0.15, -0.1) is 11.3 Å². The Morgan fingerprint density at radius 3 is 2.65 bits per heavy atom. The van der Waals surface area contributed by atoms with Crippen molar-refractivity contribution in [3.8, 4) is 16.3 Å². The van der Waals surface area contributed by atoms with Gasteiger partial charge in [-0.1, -0.05) is 18.5 Å². The molecule has 1 aromatic heterocycles. The van der Waals surface area contributed by atoms with E-state index in [1.54, 1.807) is 16.3 Å². The molecule has 0 unspecified atom stereocenters. The summed E-state index contributed by atoms with van der Waals surface area (Å²) in [7, 11) is 0. The van der Waals surface area contributed by atoms with Crippen LogP contribution in [0.4, 0.5) is 0 Å². The molecule has 124 valence electrons. The monoisotopic (exact) mass is 352 g/mol. The molecule has 0 atom stereocenters. The van der Waals surface area contributed by atoms with Crippen LogP contribution in [0.2, 0.25) is 5.02 Å². The van der Waals surface area contributed by atoms with E-state index >= 15 is 0 Å². The molecule has 2 aromatic rings. The lowest BCUT2D eigenvalue weighted by Gasteiger charge is -2.16. The lowest BCUT2D eigenvalue weighted by molar-refractivity contribution is 0.0768. The highest BCUT2D eigenvalue weighted by Gasteiger charge is 2.17. The fourth-order valence-electron chi connectivity index (χ4n) is 2.15. The molecule has 1 amide bonds. The van der Waals surface area contributed by atoms with Crippen molar-refractivity contribution >= 4 is 28.8 Å². The van der Waals surface area contributed by atoms with Crippen molar-refractivity contribution in [2.45, 2.75) is 27.2 Å². The van der Waals surface area contributed by atoms with E-state index < -0.39 is 0 Å². The molecule has 0 radical (unpaired) electrons. The SMILES string of the molecule is CCCOc1ccc(-c2nc(C(=O)N(CC)CC)cs2)c(Cl)c1. The summed E-state index contributed by atoms with van der Waals surface area (Å²) in [6.45, 7) is 7.98. The van der Waals surface area contributed by atoms with E-state index in [9.17, 15) is 4.79 Å². The third-order valence-electron chi connectivity index (χ3n) is 3.42. The Hall–Kier alpha value is -1.59. The van der Waals surface area contributed by atoms with Gasteiger partial charge in [0.1, 0.15) is 16.5 Å². The van der Waals surface area contributed by atoms with Crippen LogP contribution in [0.15, 0.2) is 23.6 Å². The van der Waals surface area contributed by atoms with Crippen LogP contribution in [0.1, 0.15) is 37.7 Å². The number of carbonyl (C=O) groups excluding carboxylic acids is 1. The van der Waals surface area contributed by atoms with Crippen molar-refractivity contribution in [3.05, 3.63) is 34.3 Å². The van der Waals surface area contributed by atoms with Crippen LogP contribution in [0.25, 0.3) is 10.6 Å². The molecule has 1 aromatic carbocycles. The van der Waals surface area contributed by atoms with Crippen LogP contribution in [0.3, 0.4) is 0 Å². The van der Waals surface area contributed by atoms with Crippen LogP contribution in [-0.4, -0.2) is 35.5 Å². The van der Waals surface area contributed by atoms with Gasteiger partial charge in [0.25, 0.3) is 5.91 Å². The molecule has 23 heavy (non-hydrogen) atoms. The number of amides is 1. The summed E-state index contributed by atoms with van der Waals surface area (Å²) < 4.78 is 5.57. The van der Waals surface area contributed by atoms with Crippen LogP contribution in [0, 0.1) is 0 Å². The number of halogens is 1. The first kappa shape index (κ1) is 17.8. The van der Waals surface area contributed by atoms with Gasteiger partial charge in [-0.05, 0) is 38.5 Å². The average molecular weight is 353 g/mol. The second kappa shape index (κ2) is 8.31. The van der Waals surface area contributed by atoms with Crippen LogP contribution in [0.5, 0.6) is 5.75 Å². The highest BCUT2D eigenvalue weighted by molar-refractivity contribution is 7.13. The van der Waals surface area contributed by atoms with Crippen LogP contribution < -0.4 is 4.74 Å². The van der Waals surface area contributed by atoms with Crippen LogP contribution in [-0.2, 0) is 0 Å². The van der Waals surface area contributed by atoms with Crippen molar-refractivity contribution in [2.24, 2.45) is 0 Å². The number of hydrogen-bond donors (Lipinski definition) is 0. The molecule has 0 N–H and O–H groups in total. The molecule has 0 saturated carbocycles. The fraction of sp³-hybridized carbons (Fsp3) is 0.412. The molecule has 1 heterocycles. The van der Waals surface area contributed by atoms with E-state index in [1.165, 1.54) is 11.3 Å². The fourth-order valence-corrected chi connectivity index (χ4v) is 3.30. The molecule has 0 aliphatic carbocycles. The van der Waals surface area contributed by atoms with Gasteiger partial charge >= 0.3 is 0 Å². The summed E-state index contributed by atoms with van der Waals surface area (Å²) in [5.74, 6) is 0.702. The van der Waals surface area contributed by atoms with E-state index in [4.69, 9.17) is 16.3 Å². The lowest BCUT2D eigenvalue weighted by Crippen LogP contribution is -2.30. The summed E-state index contributed by atoms with van der Waals surface area (Å²) in [5, 5.41) is 3.11. The number of ether oxygens (including phenoxy) is 1. The second-order valence-electron chi connectivity index (χ2n) is 5.01. The van der Waals surface area contributed by atoms with Gasteiger partial charge < -0.3 is 9.64 Å². The largest absolute Gasteiger partial charge is 0.494 e. The lowest BCUT2D eigenvalue weighted by atomic mass is 10.2. The maximum Gasteiger partial charge on any atom is 0.273 e. The number of aromatic nitrogens is 1. The molecule has 0 fully saturated rings. The van der Waals surface area contributed by atoms with Gasteiger partial charge in [-0.3, -0.25) is 4.79 Å². The van der Waals surface area contributed by atoms with E-state index in [0.717, 1.165) is 22.7 Å². The number of nitrogens with zero attached hydrogens (tertiary/aromatic N) is 2. The Labute approximate surface area is 146 Å². The minimum atomic E-state index is -0.0449. The van der Waals surface area contributed by atoms with Crippen molar-refractivity contribution in [1.82, 2.24) is 9.88 Å². The molecule has 0 saturated heterocycles. The Morgan fingerprint density at radius 2 is 2.04 bits per heavy atom. The molecule has 2 rings (SSSR count). The maximum absolute atomic E-state index is 12.3. The van der Waals surface area contributed by atoms with Crippen molar-refractivity contribution in [1.29, 1.82) is 0 Å². The Morgan fingerprint density at radius 1 is 1.30 bits per heavy atom. The zero-order valence-electron chi connectivity index (χ0n) is 13.6. The topological polar surface area (TPSA) is 42.4 Å². The predicted molar refractivity (Wildman–Crippen MR) is 95.6 cm³/mol. The first-order valence-corrected chi connectivity index (χ1v) is 9.03. The Balaban J connectivity index is 2.21. The van der Waals surface area contributed by atoms with Gasteiger partial charge in [-0.25, -0.2) is 4.98 Å². The minimum Gasteiger partial charge on any atom is -0.494 e. The Kier molecular flexibility index (Phi) is 6.42. The molecular weight excluding hydrogens is 332 g/mol. The van der Waals surface area contributed by atoms with Crippen molar-refractivity contribution < 1.29 is 9.53 Å². The molecule has 0 aliphatic rings. The third kappa shape index (κ3) is 4.24. The van der Waals surface area contributed by atoms with Crippen LogP contribution >= 0.6 is 22.9 Å². The third-order valence-corrected chi connectivity index (χ3v) is 4.61. The quantitative estimate of drug-likeness (QED) is 0.723. The smallest absolute Gasteiger partial charge is 0.273 e. The normalized spacial score (nSPS) is 10.6. The highest BCUT2D eigenvalue weighted by atomic mass is 35.5. The van der Waals surface area contributed by atoms with Gasteiger partial charge in [0.2, 0.25) is 0 Å². The number of hydrogen-bond acceptors (Lipinski definition) is 4. The molecule has 0 aliphatic heterocycles. The first-order valence-electron chi connectivity index (χ1n) is 7.78. The van der Waals surface area contributed by atoms with E-state index in [0.29, 0.717) is 30.4 Å². The summed E-state index contributed by atoms with van der Waals surface area (Å²) >= 11 is 7.76. The van der Waals surface area contributed by atoms with Crippen molar-refractivity contribution in [3.63, 3.8) is 0 Å². The summed E-state index contributed by atoms with van der Waals surface area (Å²) in [6.07, 6.45) is 0.947. The summed E-state index contributed by atoms with van der Waals surface area (Å²) in [6, 6.07) is 5.56. The minimum absolute atomic E-state index is 0.0449. The molecule has 4 nitrogen and oxygen atoms in total. The summed E-state index contributed by atoms with van der Waals surface area (Å²) in [5.41, 5.74) is 1.29. The van der Waals surface area contributed by atoms with E-state index in [1.807, 2.05) is 26.0 Å². The standard InChI is InChI=1S/C17H21ClN2O2S/c1-4-9-22-12-7-8-13(14(18)10-12)16-19-15(11-23-16)17(21)20(5-2)6-3/h7-8,10-11H,4-6,9H2,1-3H3. The highest BCUT2D eigenvalue weighted by Crippen LogP contribution is 2.33. The Bertz CT molecular complexity index is 668. The number of rotatable bonds is 7. The number of carbonyl (C=O) groups is 1. The summed E-state index contributed by atoms with van der Waals surface area (Å²) in [4.78, 5) is 18.5. The van der Waals surface area contributed by atoms with Gasteiger partial charge in [0.05, 0.1) is 11.6 Å².